The average Bonchev–Trinajstić information content (AvgIpc) is 2.80. The van der Waals surface area contributed by atoms with Crippen LogP contribution in [-0.4, -0.2) is 23.0 Å². The lowest BCUT2D eigenvalue weighted by molar-refractivity contribution is 0.220. The zero-order valence-electron chi connectivity index (χ0n) is 13.6. The number of pyridine rings is 1. The number of aromatic nitrogens is 1. The summed E-state index contributed by atoms with van der Waals surface area (Å²) < 4.78 is 0. The van der Waals surface area contributed by atoms with Crippen molar-refractivity contribution in [3.8, 4) is 0 Å². The van der Waals surface area contributed by atoms with Crippen molar-refractivity contribution in [2.24, 2.45) is 0 Å². The van der Waals surface area contributed by atoms with Crippen LogP contribution in [0.5, 0.6) is 0 Å². The molecule has 2 amide bonds. The van der Waals surface area contributed by atoms with Gasteiger partial charge in [-0.3, -0.25) is 4.98 Å². The van der Waals surface area contributed by atoms with Gasteiger partial charge in [0.25, 0.3) is 0 Å². The molecule has 0 radical (unpaired) electrons. The minimum absolute atomic E-state index is 0.0950. The van der Waals surface area contributed by atoms with E-state index in [1.165, 1.54) is 30.4 Å². The Balaban J connectivity index is 1.64. The first-order valence-electron chi connectivity index (χ1n) is 8.25. The Bertz CT molecular complexity index is 670. The number of carbonyl (C=O) groups excluding carboxylic acids is 1. The second-order valence-electron chi connectivity index (χ2n) is 6.19. The van der Waals surface area contributed by atoms with Gasteiger partial charge in [-0.15, -0.1) is 0 Å². The van der Waals surface area contributed by atoms with Crippen LogP contribution in [0.15, 0.2) is 42.7 Å². The number of hydrogen-bond donors (Lipinski definition) is 1. The molecule has 0 fully saturated rings. The van der Waals surface area contributed by atoms with Gasteiger partial charge in [0.2, 0.25) is 0 Å². The van der Waals surface area contributed by atoms with Crippen LogP contribution in [0.4, 0.5) is 10.5 Å². The first-order chi connectivity index (χ1) is 11.2. The fourth-order valence-corrected chi connectivity index (χ4v) is 3.04. The van der Waals surface area contributed by atoms with Crippen LogP contribution in [-0.2, 0) is 19.4 Å². The molecule has 4 nitrogen and oxygen atoms in total. The quantitative estimate of drug-likeness (QED) is 0.871. The molecule has 1 aliphatic rings. The smallest absolute Gasteiger partial charge is 0.321 e. The number of nitrogens with one attached hydrogen (secondary N) is 1. The molecule has 0 unspecified atom stereocenters. The van der Waals surface area contributed by atoms with Crippen molar-refractivity contribution in [2.45, 2.75) is 38.6 Å². The van der Waals surface area contributed by atoms with Gasteiger partial charge in [0.15, 0.2) is 0 Å². The summed E-state index contributed by atoms with van der Waals surface area (Å²) in [6, 6.07) is 10.1. The standard InChI is InChI=1S/C19H23N3O/c1-22(14-15-6-5-11-20-13-15)19(23)21-18-10-9-16-7-3-2-4-8-17(16)12-18/h5-6,9-13H,2-4,7-8,14H2,1H3,(H,21,23). The van der Waals surface area contributed by atoms with E-state index in [0.29, 0.717) is 6.54 Å². The molecule has 1 aromatic carbocycles. The van der Waals surface area contributed by atoms with Crippen molar-refractivity contribution < 1.29 is 4.79 Å². The van der Waals surface area contributed by atoms with E-state index in [-0.39, 0.29) is 6.03 Å². The molecule has 3 rings (SSSR count). The molecule has 1 aromatic heterocycles. The second-order valence-corrected chi connectivity index (χ2v) is 6.19. The molecule has 0 saturated heterocycles. The highest BCUT2D eigenvalue weighted by Crippen LogP contribution is 2.23. The number of benzene rings is 1. The number of fused-ring (bicyclic) bond motifs is 1. The SMILES string of the molecule is CN(Cc1cccnc1)C(=O)Nc1ccc2c(c1)CCCCC2. The molecule has 2 aromatic rings. The summed E-state index contributed by atoms with van der Waals surface area (Å²) in [5.41, 5.74) is 4.72. The molecule has 0 saturated carbocycles. The number of amides is 2. The van der Waals surface area contributed by atoms with E-state index in [1.807, 2.05) is 18.2 Å². The molecule has 0 bridgehead atoms. The molecule has 0 atom stereocenters. The fraction of sp³-hybridized carbons (Fsp3) is 0.368. The van der Waals surface area contributed by atoms with Crippen LogP contribution >= 0.6 is 0 Å². The van der Waals surface area contributed by atoms with Crippen LogP contribution in [0.25, 0.3) is 0 Å². The van der Waals surface area contributed by atoms with Gasteiger partial charge in [-0.25, -0.2) is 4.79 Å². The lowest BCUT2D eigenvalue weighted by atomic mass is 10.0. The fourth-order valence-electron chi connectivity index (χ4n) is 3.04. The van der Waals surface area contributed by atoms with E-state index in [0.717, 1.165) is 24.1 Å². The van der Waals surface area contributed by atoms with E-state index < -0.39 is 0 Å². The maximum atomic E-state index is 12.3. The van der Waals surface area contributed by atoms with Gasteiger partial charge in [-0.1, -0.05) is 18.6 Å². The third-order valence-electron chi connectivity index (χ3n) is 4.34. The molecular formula is C19H23N3O. The van der Waals surface area contributed by atoms with Crippen LogP contribution in [0.3, 0.4) is 0 Å². The maximum Gasteiger partial charge on any atom is 0.321 e. The predicted molar refractivity (Wildman–Crippen MR) is 92.4 cm³/mol. The van der Waals surface area contributed by atoms with Crippen molar-refractivity contribution >= 4 is 11.7 Å². The van der Waals surface area contributed by atoms with Gasteiger partial charge >= 0.3 is 6.03 Å². The highest BCUT2D eigenvalue weighted by molar-refractivity contribution is 5.89. The number of aryl methyl sites for hydroxylation is 2. The van der Waals surface area contributed by atoms with E-state index in [9.17, 15) is 4.79 Å². The molecule has 1 heterocycles. The van der Waals surface area contributed by atoms with Crippen molar-refractivity contribution in [3.05, 3.63) is 59.4 Å². The molecule has 4 heteroatoms. The molecule has 1 aliphatic carbocycles. The summed E-state index contributed by atoms with van der Waals surface area (Å²) in [5.74, 6) is 0. The summed E-state index contributed by atoms with van der Waals surface area (Å²) in [4.78, 5) is 18.1. The highest BCUT2D eigenvalue weighted by atomic mass is 16.2. The lowest BCUT2D eigenvalue weighted by Crippen LogP contribution is -2.30. The number of hydrogen-bond acceptors (Lipinski definition) is 2. The van der Waals surface area contributed by atoms with E-state index in [4.69, 9.17) is 0 Å². The molecule has 120 valence electrons. The average molecular weight is 309 g/mol. The van der Waals surface area contributed by atoms with Gasteiger partial charge in [0.05, 0.1) is 0 Å². The van der Waals surface area contributed by atoms with E-state index >= 15 is 0 Å². The summed E-state index contributed by atoms with van der Waals surface area (Å²) in [7, 11) is 1.80. The number of nitrogens with zero attached hydrogens (tertiary/aromatic N) is 2. The minimum Gasteiger partial charge on any atom is -0.323 e. The number of carbonyl (C=O) groups is 1. The van der Waals surface area contributed by atoms with Gasteiger partial charge in [-0.05, 0) is 60.6 Å². The predicted octanol–water partition coefficient (Wildman–Crippen LogP) is 4.01. The monoisotopic (exact) mass is 309 g/mol. The Labute approximate surface area is 137 Å². The third kappa shape index (κ3) is 4.09. The van der Waals surface area contributed by atoms with Crippen molar-refractivity contribution in [3.63, 3.8) is 0 Å². The number of rotatable bonds is 3. The van der Waals surface area contributed by atoms with Crippen molar-refractivity contribution in [2.75, 3.05) is 12.4 Å². The van der Waals surface area contributed by atoms with Crippen LogP contribution in [0, 0.1) is 0 Å². The Hall–Kier alpha value is -2.36. The van der Waals surface area contributed by atoms with Crippen molar-refractivity contribution in [1.29, 1.82) is 0 Å². The summed E-state index contributed by atoms with van der Waals surface area (Å²) in [5, 5.41) is 3.00. The minimum atomic E-state index is -0.0950. The Morgan fingerprint density at radius 1 is 1.17 bits per heavy atom. The second kappa shape index (κ2) is 7.27. The van der Waals surface area contributed by atoms with Gasteiger partial charge in [0.1, 0.15) is 0 Å². The van der Waals surface area contributed by atoms with Crippen molar-refractivity contribution in [1.82, 2.24) is 9.88 Å². The van der Waals surface area contributed by atoms with E-state index in [1.54, 1.807) is 24.3 Å². The van der Waals surface area contributed by atoms with Crippen LogP contribution in [0.2, 0.25) is 0 Å². The zero-order valence-corrected chi connectivity index (χ0v) is 13.6. The van der Waals surface area contributed by atoms with Crippen LogP contribution in [0.1, 0.15) is 36.0 Å². The lowest BCUT2D eigenvalue weighted by Gasteiger charge is -2.18. The Kier molecular flexibility index (Phi) is 4.91. The highest BCUT2D eigenvalue weighted by Gasteiger charge is 2.12. The molecule has 1 N–H and O–H groups in total. The van der Waals surface area contributed by atoms with Gasteiger partial charge < -0.3 is 10.2 Å². The van der Waals surface area contributed by atoms with Gasteiger partial charge in [0, 0.05) is 31.7 Å². The van der Waals surface area contributed by atoms with Crippen LogP contribution < -0.4 is 5.32 Å². The first-order valence-corrected chi connectivity index (χ1v) is 8.25. The first kappa shape index (κ1) is 15.5. The maximum absolute atomic E-state index is 12.3. The zero-order chi connectivity index (χ0) is 16.1. The molecule has 0 spiro atoms. The Morgan fingerprint density at radius 3 is 2.78 bits per heavy atom. The number of anilines is 1. The normalized spacial score (nSPS) is 13.8. The van der Waals surface area contributed by atoms with E-state index in [2.05, 4.69) is 22.4 Å². The largest absolute Gasteiger partial charge is 0.323 e. The summed E-state index contributed by atoms with van der Waals surface area (Å²) in [6.07, 6.45) is 9.60. The number of urea groups is 1. The summed E-state index contributed by atoms with van der Waals surface area (Å²) in [6.45, 7) is 0.546. The summed E-state index contributed by atoms with van der Waals surface area (Å²) >= 11 is 0. The molecule has 23 heavy (non-hydrogen) atoms. The molecule has 0 aliphatic heterocycles. The topological polar surface area (TPSA) is 45.2 Å². The third-order valence-corrected chi connectivity index (χ3v) is 4.34. The Morgan fingerprint density at radius 2 is 2.00 bits per heavy atom. The molecular weight excluding hydrogens is 286 g/mol. The van der Waals surface area contributed by atoms with Gasteiger partial charge in [-0.2, -0.15) is 0 Å².